The van der Waals surface area contributed by atoms with Crippen LogP contribution in [0.25, 0.3) is 10.9 Å². The Balaban J connectivity index is 1.59. The Bertz CT molecular complexity index is 1070. The number of carbonyl (C=O) groups is 2. The van der Waals surface area contributed by atoms with Crippen LogP contribution in [0.5, 0.6) is 5.75 Å². The fourth-order valence-corrected chi connectivity index (χ4v) is 3.21. The summed E-state index contributed by atoms with van der Waals surface area (Å²) in [6.07, 6.45) is 0.294. The molecular formula is C20H16N2O4. The summed E-state index contributed by atoms with van der Waals surface area (Å²) in [5.74, 6) is 0.0343. The molecule has 1 aromatic heterocycles. The third kappa shape index (κ3) is 2.56. The van der Waals surface area contributed by atoms with Gasteiger partial charge in [-0.2, -0.15) is 0 Å². The molecule has 0 aliphatic carbocycles. The number of fused-ring (bicyclic) bond motifs is 2. The van der Waals surface area contributed by atoms with Crippen LogP contribution in [0.3, 0.4) is 0 Å². The first-order valence-corrected chi connectivity index (χ1v) is 8.23. The van der Waals surface area contributed by atoms with Gasteiger partial charge in [0.1, 0.15) is 5.75 Å². The highest BCUT2D eigenvalue weighted by Gasteiger charge is 2.34. The topological polar surface area (TPSA) is 79.5 Å². The molecule has 1 aliphatic heterocycles. The number of aromatic amines is 1. The van der Waals surface area contributed by atoms with Crippen molar-refractivity contribution >= 4 is 22.7 Å². The van der Waals surface area contributed by atoms with E-state index in [0.717, 1.165) is 5.39 Å². The summed E-state index contributed by atoms with van der Waals surface area (Å²) in [6, 6.07) is 14.0. The molecule has 3 aromatic rings. The second-order valence-corrected chi connectivity index (χ2v) is 6.13. The minimum Gasteiger partial charge on any atom is -0.497 e. The van der Waals surface area contributed by atoms with E-state index in [4.69, 9.17) is 4.74 Å². The van der Waals surface area contributed by atoms with Crippen molar-refractivity contribution in [3.05, 3.63) is 75.6 Å². The van der Waals surface area contributed by atoms with Crippen molar-refractivity contribution in [1.29, 1.82) is 0 Å². The van der Waals surface area contributed by atoms with Gasteiger partial charge in [0.25, 0.3) is 17.4 Å². The molecule has 2 aromatic carbocycles. The number of pyridine rings is 1. The molecule has 0 atom stereocenters. The molecule has 2 heterocycles. The molecule has 0 unspecified atom stereocenters. The lowest BCUT2D eigenvalue weighted by molar-refractivity contribution is 0.0656. The standard InChI is InChI=1S/C20H16N2O4/c1-26-14-7-6-12-10-13(18(23)21-17(12)11-14)8-9-22-19(24)15-4-2-3-5-16(15)20(22)25/h2-7,10-11H,8-9H2,1H3,(H,21,23). The summed E-state index contributed by atoms with van der Waals surface area (Å²) >= 11 is 0. The summed E-state index contributed by atoms with van der Waals surface area (Å²) in [4.78, 5) is 41.2. The Morgan fingerprint density at radius 2 is 1.65 bits per heavy atom. The van der Waals surface area contributed by atoms with Gasteiger partial charge in [0.05, 0.1) is 23.8 Å². The van der Waals surface area contributed by atoms with E-state index in [1.54, 1.807) is 43.5 Å². The molecule has 1 N–H and O–H groups in total. The van der Waals surface area contributed by atoms with Gasteiger partial charge in [-0.25, -0.2) is 0 Å². The Morgan fingerprint density at radius 1 is 0.962 bits per heavy atom. The van der Waals surface area contributed by atoms with E-state index in [2.05, 4.69) is 4.98 Å². The van der Waals surface area contributed by atoms with Gasteiger partial charge in [0, 0.05) is 18.2 Å². The molecule has 26 heavy (non-hydrogen) atoms. The number of nitrogens with zero attached hydrogens (tertiary/aromatic N) is 1. The van der Waals surface area contributed by atoms with Crippen LogP contribution < -0.4 is 10.3 Å². The number of hydrogen-bond acceptors (Lipinski definition) is 4. The Kier molecular flexibility index (Phi) is 3.80. The summed E-state index contributed by atoms with van der Waals surface area (Å²) in [6.45, 7) is 0.164. The van der Waals surface area contributed by atoms with Gasteiger partial charge in [-0.1, -0.05) is 12.1 Å². The maximum atomic E-state index is 12.4. The van der Waals surface area contributed by atoms with Crippen LogP contribution in [0.15, 0.2) is 53.3 Å². The maximum Gasteiger partial charge on any atom is 0.261 e. The number of aromatic nitrogens is 1. The SMILES string of the molecule is COc1ccc2cc(CCN3C(=O)c4ccccc4C3=O)c(=O)[nH]c2c1. The number of nitrogens with one attached hydrogen (secondary N) is 1. The molecule has 0 spiro atoms. The fourth-order valence-electron chi connectivity index (χ4n) is 3.21. The van der Waals surface area contributed by atoms with E-state index in [1.165, 1.54) is 4.90 Å². The monoisotopic (exact) mass is 348 g/mol. The average Bonchev–Trinajstić information content (AvgIpc) is 2.90. The Hall–Kier alpha value is -3.41. The van der Waals surface area contributed by atoms with Gasteiger partial charge >= 0.3 is 0 Å². The normalized spacial score (nSPS) is 13.3. The van der Waals surface area contributed by atoms with Gasteiger partial charge in [0.15, 0.2) is 0 Å². The van der Waals surface area contributed by atoms with Gasteiger partial charge in [-0.3, -0.25) is 19.3 Å². The first-order chi connectivity index (χ1) is 12.6. The van der Waals surface area contributed by atoms with Crippen LogP contribution in [0.2, 0.25) is 0 Å². The first kappa shape index (κ1) is 16.1. The lowest BCUT2D eigenvalue weighted by Crippen LogP contribution is -2.32. The lowest BCUT2D eigenvalue weighted by Gasteiger charge is -2.13. The highest BCUT2D eigenvalue weighted by atomic mass is 16.5. The molecule has 6 nitrogen and oxygen atoms in total. The molecule has 4 rings (SSSR count). The number of rotatable bonds is 4. The van der Waals surface area contributed by atoms with E-state index in [-0.39, 0.29) is 23.9 Å². The van der Waals surface area contributed by atoms with E-state index in [1.807, 2.05) is 12.1 Å². The van der Waals surface area contributed by atoms with Crippen molar-refractivity contribution < 1.29 is 14.3 Å². The molecule has 0 radical (unpaired) electrons. The summed E-state index contributed by atoms with van der Waals surface area (Å²) in [5, 5.41) is 0.864. The number of amides is 2. The number of H-pyrrole nitrogens is 1. The number of hydrogen-bond donors (Lipinski definition) is 1. The molecule has 0 saturated heterocycles. The first-order valence-electron chi connectivity index (χ1n) is 8.23. The van der Waals surface area contributed by atoms with Gasteiger partial charge in [0.2, 0.25) is 0 Å². The van der Waals surface area contributed by atoms with Crippen molar-refractivity contribution in [1.82, 2.24) is 9.88 Å². The molecular weight excluding hydrogens is 332 g/mol. The van der Waals surface area contributed by atoms with E-state index < -0.39 is 0 Å². The van der Waals surface area contributed by atoms with Gasteiger partial charge in [-0.15, -0.1) is 0 Å². The molecule has 1 aliphatic rings. The summed E-state index contributed by atoms with van der Waals surface area (Å²) in [7, 11) is 1.57. The number of ether oxygens (including phenoxy) is 1. The summed E-state index contributed by atoms with van der Waals surface area (Å²) < 4.78 is 5.16. The quantitative estimate of drug-likeness (QED) is 0.734. The number of methoxy groups -OCH3 is 1. The smallest absolute Gasteiger partial charge is 0.261 e. The second kappa shape index (κ2) is 6.15. The zero-order chi connectivity index (χ0) is 18.3. The Labute approximate surface area is 149 Å². The summed E-state index contributed by atoms with van der Waals surface area (Å²) in [5.41, 5.74) is 1.80. The third-order valence-electron chi connectivity index (χ3n) is 4.61. The second-order valence-electron chi connectivity index (χ2n) is 6.13. The Morgan fingerprint density at radius 3 is 2.31 bits per heavy atom. The molecule has 6 heteroatoms. The number of imide groups is 1. The zero-order valence-electron chi connectivity index (χ0n) is 14.1. The average molecular weight is 348 g/mol. The predicted octanol–water partition coefficient (Wildman–Crippen LogP) is 2.38. The highest BCUT2D eigenvalue weighted by molar-refractivity contribution is 6.21. The van der Waals surface area contributed by atoms with E-state index >= 15 is 0 Å². The van der Waals surface area contributed by atoms with Crippen molar-refractivity contribution in [3.63, 3.8) is 0 Å². The van der Waals surface area contributed by atoms with Crippen LogP contribution in [0.1, 0.15) is 26.3 Å². The fraction of sp³-hybridized carbons (Fsp3) is 0.150. The number of carbonyl (C=O) groups excluding carboxylic acids is 2. The van der Waals surface area contributed by atoms with Crippen LogP contribution in [-0.2, 0) is 6.42 Å². The minimum absolute atomic E-state index is 0.164. The van der Waals surface area contributed by atoms with Crippen LogP contribution in [-0.4, -0.2) is 35.4 Å². The molecule has 0 bridgehead atoms. The van der Waals surface area contributed by atoms with Crippen LogP contribution in [0, 0.1) is 0 Å². The third-order valence-corrected chi connectivity index (χ3v) is 4.61. The molecule has 0 saturated carbocycles. The lowest BCUT2D eigenvalue weighted by atomic mass is 10.1. The van der Waals surface area contributed by atoms with Crippen molar-refractivity contribution in [2.45, 2.75) is 6.42 Å². The molecule has 130 valence electrons. The maximum absolute atomic E-state index is 12.4. The zero-order valence-corrected chi connectivity index (χ0v) is 14.1. The van der Waals surface area contributed by atoms with Crippen molar-refractivity contribution in [2.24, 2.45) is 0 Å². The van der Waals surface area contributed by atoms with Crippen LogP contribution in [0.4, 0.5) is 0 Å². The molecule has 2 amide bonds. The number of benzene rings is 2. The predicted molar refractivity (Wildman–Crippen MR) is 96.6 cm³/mol. The van der Waals surface area contributed by atoms with Crippen molar-refractivity contribution in [3.8, 4) is 5.75 Å². The van der Waals surface area contributed by atoms with Gasteiger partial charge in [-0.05, 0) is 42.1 Å². The van der Waals surface area contributed by atoms with Crippen molar-refractivity contribution in [2.75, 3.05) is 13.7 Å². The highest BCUT2D eigenvalue weighted by Crippen LogP contribution is 2.23. The van der Waals surface area contributed by atoms with Crippen LogP contribution >= 0.6 is 0 Å². The van der Waals surface area contributed by atoms with Gasteiger partial charge < -0.3 is 9.72 Å². The van der Waals surface area contributed by atoms with E-state index in [0.29, 0.717) is 34.4 Å². The van der Waals surface area contributed by atoms with E-state index in [9.17, 15) is 14.4 Å². The minimum atomic E-state index is -0.312. The molecule has 0 fully saturated rings. The largest absolute Gasteiger partial charge is 0.497 e.